The van der Waals surface area contributed by atoms with E-state index in [2.05, 4.69) is 21.9 Å². The Labute approximate surface area is 97.0 Å². The van der Waals surface area contributed by atoms with Crippen molar-refractivity contribution in [2.24, 2.45) is 0 Å². The second-order valence-electron chi connectivity index (χ2n) is 2.81. The first-order valence-corrected chi connectivity index (χ1v) is 5.27. The Balaban J connectivity index is 2.45. The number of aromatic nitrogens is 3. The van der Waals surface area contributed by atoms with Crippen molar-refractivity contribution in [1.29, 1.82) is 0 Å². The summed E-state index contributed by atoms with van der Waals surface area (Å²) in [6.07, 6.45) is 2.31. The topological polar surface area (TPSA) is 30.2 Å². The fraction of sp³-hybridized carbons (Fsp3) is 0.200. The number of halogens is 2. The van der Waals surface area contributed by atoms with E-state index in [1.54, 1.807) is 22.8 Å². The molecule has 0 atom stereocenters. The predicted octanol–water partition coefficient (Wildman–Crippen LogP) is 2.36. The summed E-state index contributed by atoms with van der Waals surface area (Å²) in [6.45, 7) is 0. The molecule has 0 aliphatic rings. The van der Waals surface area contributed by atoms with E-state index in [-0.39, 0.29) is 0 Å². The van der Waals surface area contributed by atoms with Crippen LogP contribution in [0.15, 0.2) is 18.3 Å². The molecule has 2 rings (SSSR count). The zero-order valence-electron chi connectivity index (χ0n) is 7.74. The molecule has 0 saturated heterocycles. The highest BCUT2D eigenvalue weighted by Crippen LogP contribution is 2.08. The van der Waals surface area contributed by atoms with Gasteiger partial charge in [-0.25, -0.2) is 9.50 Å². The van der Waals surface area contributed by atoms with Crippen molar-refractivity contribution in [3.05, 3.63) is 29.2 Å². The molecule has 2 aromatic rings. The number of rotatable bonds is 1. The normalized spacial score (nSPS) is 10.0. The third-order valence-corrected chi connectivity index (χ3v) is 2.16. The van der Waals surface area contributed by atoms with Crippen molar-refractivity contribution in [2.75, 3.05) is 5.88 Å². The van der Waals surface area contributed by atoms with Gasteiger partial charge in [0.15, 0.2) is 5.65 Å². The summed E-state index contributed by atoms with van der Waals surface area (Å²) in [4.78, 5) is 4.14. The average molecular weight is 240 g/mol. The minimum Gasteiger partial charge on any atom is -0.234 e. The monoisotopic (exact) mass is 239 g/mol. The molecule has 0 aliphatic carbocycles. The van der Waals surface area contributed by atoms with Crippen LogP contribution in [-0.4, -0.2) is 20.5 Å². The minimum absolute atomic E-state index is 0.417. The molecule has 0 fully saturated rings. The standard InChI is InChI=1S/C10H7Cl2N3/c11-6-2-1-3-8-7-13-10-5-4-9(12)14-15(8)10/h4-5,7H,2,6H2. The Morgan fingerprint density at radius 1 is 1.40 bits per heavy atom. The SMILES string of the molecule is ClCCC#Cc1cnc2ccc(Cl)nn12. The number of imidazole rings is 1. The highest BCUT2D eigenvalue weighted by molar-refractivity contribution is 6.29. The first-order valence-electron chi connectivity index (χ1n) is 4.36. The van der Waals surface area contributed by atoms with Crippen molar-refractivity contribution in [1.82, 2.24) is 14.6 Å². The molecular weight excluding hydrogens is 233 g/mol. The van der Waals surface area contributed by atoms with Crippen LogP contribution in [0.2, 0.25) is 5.15 Å². The Kier molecular flexibility index (Phi) is 3.10. The third kappa shape index (κ3) is 2.23. The molecule has 2 aromatic heterocycles. The van der Waals surface area contributed by atoms with Crippen molar-refractivity contribution in [2.45, 2.75) is 6.42 Å². The van der Waals surface area contributed by atoms with Gasteiger partial charge in [-0.2, -0.15) is 5.10 Å². The van der Waals surface area contributed by atoms with Crippen molar-refractivity contribution in [3.8, 4) is 11.8 Å². The smallest absolute Gasteiger partial charge is 0.155 e. The number of hydrogen-bond acceptors (Lipinski definition) is 2. The fourth-order valence-corrected chi connectivity index (χ4v) is 1.37. The zero-order valence-corrected chi connectivity index (χ0v) is 9.26. The lowest BCUT2D eigenvalue weighted by atomic mass is 10.4. The molecule has 5 heteroatoms. The van der Waals surface area contributed by atoms with Crippen LogP contribution in [0.1, 0.15) is 12.1 Å². The third-order valence-electron chi connectivity index (χ3n) is 1.77. The Morgan fingerprint density at radius 2 is 2.27 bits per heavy atom. The summed E-state index contributed by atoms with van der Waals surface area (Å²) in [7, 11) is 0. The Hall–Kier alpha value is -1.24. The maximum atomic E-state index is 5.78. The van der Waals surface area contributed by atoms with E-state index in [4.69, 9.17) is 23.2 Å². The van der Waals surface area contributed by atoms with Crippen LogP contribution >= 0.6 is 23.2 Å². The van der Waals surface area contributed by atoms with Gasteiger partial charge in [0.2, 0.25) is 0 Å². The van der Waals surface area contributed by atoms with Gasteiger partial charge in [-0.3, -0.25) is 0 Å². The van der Waals surface area contributed by atoms with E-state index in [0.29, 0.717) is 17.5 Å². The van der Waals surface area contributed by atoms with Crippen LogP contribution in [0, 0.1) is 11.8 Å². The highest BCUT2D eigenvalue weighted by atomic mass is 35.5. The lowest BCUT2D eigenvalue weighted by Crippen LogP contribution is -1.93. The molecule has 0 bridgehead atoms. The van der Waals surface area contributed by atoms with E-state index in [1.165, 1.54) is 0 Å². The molecule has 0 amide bonds. The minimum atomic E-state index is 0.417. The lowest BCUT2D eigenvalue weighted by molar-refractivity contribution is 0.923. The maximum Gasteiger partial charge on any atom is 0.155 e. The van der Waals surface area contributed by atoms with E-state index in [9.17, 15) is 0 Å². The van der Waals surface area contributed by atoms with Gasteiger partial charge >= 0.3 is 0 Å². The van der Waals surface area contributed by atoms with Crippen molar-refractivity contribution < 1.29 is 0 Å². The first kappa shape index (κ1) is 10.3. The second kappa shape index (κ2) is 4.52. The summed E-state index contributed by atoms with van der Waals surface area (Å²) in [6, 6.07) is 3.49. The van der Waals surface area contributed by atoms with Gasteiger partial charge in [0.25, 0.3) is 0 Å². The van der Waals surface area contributed by atoms with Gasteiger partial charge in [-0.1, -0.05) is 17.5 Å². The predicted molar refractivity (Wildman–Crippen MR) is 60.2 cm³/mol. The molecule has 2 heterocycles. The van der Waals surface area contributed by atoms with E-state index in [0.717, 1.165) is 11.3 Å². The molecule has 15 heavy (non-hydrogen) atoms. The largest absolute Gasteiger partial charge is 0.234 e. The quantitative estimate of drug-likeness (QED) is 0.565. The second-order valence-corrected chi connectivity index (χ2v) is 3.58. The van der Waals surface area contributed by atoms with Gasteiger partial charge in [0, 0.05) is 12.3 Å². The molecular formula is C10H7Cl2N3. The maximum absolute atomic E-state index is 5.78. The molecule has 0 aromatic carbocycles. The molecule has 0 radical (unpaired) electrons. The van der Waals surface area contributed by atoms with Crippen molar-refractivity contribution >= 4 is 28.8 Å². The van der Waals surface area contributed by atoms with Gasteiger partial charge in [-0.05, 0) is 18.1 Å². The van der Waals surface area contributed by atoms with Crippen LogP contribution in [-0.2, 0) is 0 Å². The van der Waals surface area contributed by atoms with Crippen LogP contribution in [0.3, 0.4) is 0 Å². The Morgan fingerprint density at radius 3 is 3.07 bits per heavy atom. The Bertz CT molecular complexity index is 536. The van der Waals surface area contributed by atoms with Gasteiger partial charge in [0.1, 0.15) is 10.8 Å². The molecule has 0 spiro atoms. The van der Waals surface area contributed by atoms with Gasteiger partial charge in [-0.15, -0.1) is 11.6 Å². The molecule has 0 unspecified atom stereocenters. The summed E-state index contributed by atoms with van der Waals surface area (Å²) in [5, 5.41) is 4.52. The fourth-order valence-electron chi connectivity index (χ4n) is 1.14. The number of alkyl halides is 1. The van der Waals surface area contributed by atoms with Crippen LogP contribution in [0.25, 0.3) is 5.65 Å². The average Bonchev–Trinajstić information content (AvgIpc) is 2.62. The van der Waals surface area contributed by atoms with Gasteiger partial charge in [0.05, 0.1) is 6.20 Å². The van der Waals surface area contributed by atoms with Crippen molar-refractivity contribution in [3.63, 3.8) is 0 Å². The lowest BCUT2D eigenvalue weighted by Gasteiger charge is -1.93. The number of fused-ring (bicyclic) bond motifs is 1. The zero-order chi connectivity index (χ0) is 10.7. The van der Waals surface area contributed by atoms with E-state index < -0.39 is 0 Å². The van der Waals surface area contributed by atoms with Crippen LogP contribution in [0.4, 0.5) is 0 Å². The van der Waals surface area contributed by atoms with Crippen LogP contribution < -0.4 is 0 Å². The number of nitrogens with zero attached hydrogens (tertiary/aromatic N) is 3. The molecule has 3 nitrogen and oxygen atoms in total. The van der Waals surface area contributed by atoms with Gasteiger partial charge < -0.3 is 0 Å². The van der Waals surface area contributed by atoms with E-state index in [1.807, 2.05) is 0 Å². The molecule has 76 valence electrons. The highest BCUT2D eigenvalue weighted by Gasteiger charge is 2.01. The molecule has 0 saturated carbocycles. The van der Waals surface area contributed by atoms with E-state index >= 15 is 0 Å². The first-order chi connectivity index (χ1) is 7.31. The summed E-state index contributed by atoms with van der Waals surface area (Å²) in [5.74, 6) is 6.39. The number of hydrogen-bond donors (Lipinski definition) is 0. The summed E-state index contributed by atoms with van der Waals surface area (Å²) < 4.78 is 1.61. The summed E-state index contributed by atoms with van der Waals surface area (Å²) in [5.41, 5.74) is 1.45. The summed E-state index contributed by atoms with van der Waals surface area (Å²) >= 11 is 11.3. The molecule has 0 aliphatic heterocycles. The van der Waals surface area contributed by atoms with Crippen LogP contribution in [0.5, 0.6) is 0 Å². The molecule has 0 N–H and O–H groups in total.